The van der Waals surface area contributed by atoms with Crippen LogP contribution in [0, 0.1) is 10.8 Å². The molecule has 0 radical (unpaired) electrons. The molecule has 0 heterocycles. The van der Waals surface area contributed by atoms with Crippen LogP contribution >= 0.6 is 12.2 Å². The third kappa shape index (κ3) is 4.18. The molecule has 1 aliphatic carbocycles. The van der Waals surface area contributed by atoms with E-state index in [0.29, 0.717) is 4.99 Å². The van der Waals surface area contributed by atoms with Gasteiger partial charge in [0.1, 0.15) is 0 Å². The summed E-state index contributed by atoms with van der Waals surface area (Å²) >= 11 is 5.28. The Morgan fingerprint density at radius 1 is 1.29 bits per heavy atom. The van der Waals surface area contributed by atoms with Crippen LogP contribution in [0.5, 0.6) is 0 Å². The minimum Gasteiger partial charge on any atom is -0.392 e. The normalized spacial score (nSPS) is 21.8. The van der Waals surface area contributed by atoms with Gasteiger partial charge in [0.05, 0.1) is 10.4 Å². The standard InChI is InChI=1S/C17H32N2OS/c1-5-10-17(11-6-2,14(18)21)15(20)19-13-9-7-8-12-16(13,3)4/h13H,5-12H2,1-4H3,(H2,18,21)(H,19,20). The molecule has 1 saturated carbocycles. The molecule has 3 nitrogen and oxygen atoms in total. The maximum atomic E-state index is 13.0. The van der Waals surface area contributed by atoms with Crippen molar-refractivity contribution < 1.29 is 4.79 Å². The molecule has 0 aromatic rings. The zero-order chi connectivity index (χ0) is 16.1. The van der Waals surface area contributed by atoms with E-state index in [0.717, 1.165) is 32.1 Å². The highest BCUT2D eigenvalue weighted by molar-refractivity contribution is 7.80. The Labute approximate surface area is 135 Å². The van der Waals surface area contributed by atoms with Crippen LogP contribution in [0.1, 0.15) is 79.1 Å². The Morgan fingerprint density at radius 2 is 1.86 bits per heavy atom. The van der Waals surface area contributed by atoms with Gasteiger partial charge in [-0.15, -0.1) is 0 Å². The van der Waals surface area contributed by atoms with E-state index in [9.17, 15) is 4.79 Å². The molecule has 1 aliphatic rings. The minimum atomic E-state index is -0.660. The Hall–Kier alpha value is -0.640. The van der Waals surface area contributed by atoms with Gasteiger partial charge in [-0.05, 0) is 31.1 Å². The van der Waals surface area contributed by atoms with E-state index in [1.54, 1.807) is 0 Å². The number of amides is 1. The number of nitrogens with one attached hydrogen (secondary N) is 1. The summed E-state index contributed by atoms with van der Waals surface area (Å²) in [7, 11) is 0. The van der Waals surface area contributed by atoms with Crippen molar-refractivity contribution in [3.8, 4) is 0 Å². The monoisotopic (exact) mass is 312 g/mol. The fourth-order valence-electron chi connectivity index (χ4n) is 3.62. The molecule has 1 rings (SSSR count). The molecule has 1 atom stereocenters. The molecule has 0 bridgehead atoms. The predicted octanol–water partition coefficient (Wildman–Crippen LogP) is 3.94. The first kappa shape index (κ1) is 18.4. The average molecular weight is 313 g/mol. The van der Waals surface area contributed by atoms with E-state index in [-0.39, 0.29) is 17.4 Å². The van der Waals surface area contributed by atoms with Crippen molar-refractivity contribution in [2.75, 3.05) is 0 Å². The molecule has 0 aliphatic heterocycles. The van der Waals surface area contributed by atoms with Crippen molar-refractivity contribution in [3.05, 3.63) is 0 Å². The third-order valence-corrected chi connectivity index (χ3v) is 5.46. The van der Waals surface area contributed by atoms with Crippen molar-refractivity contribution in [1.82, 2.24) is 5.32 Å². The first-order valence-electron chi connectivity index (χ1n) is 8.41. The lowest BCUT2D eigenvalue weighted by atomic mass is 9.72. The molecular formula is C17H32N2OS. The van der Waals surface area contributed by atoms with Crippen molar-refractivity contribution >= 4 is 23.1 Å². The summed E-state index contributed by atoms with van der Waals surface area (Å²) in [5, 5.41) is 3.29. The van der Waals surface area contributed by atoms with Gasteiger partial charge in [0.2, 0.25) is 5.91 Å². The lowest BCUT2D eigenvalue weighted by molar-refractivity contribution is -0.130. The fourth-order valence-corrected chi connectivity index (χ4v) is 3.92. The first-order valence-corrected chi connectivity index (χ1v) is 8.82. The molecule has 0 aromatic heterocycles. The van der Waals surface area contributed by atoms with Gasteiger partial charge in [0, 0.05) is 6.04 Å². The van der Waals surface area contributed by atoms with Crippen LogP contribution in [0.25, 0.3) is 0 Å². The second-order valence-corrected chi connectivity index (χ2v) is 7.65. The van der Waals surface area contributed by atoms with Crippen LogP contribution in [-0.4, -0.2) is 16.9 Å². The van der Waals surface area contributed by atoms with E-state index in [1.807, 2.05) is 0 Å². The summed E-state index contributed by atoms with van der Waals surface area (Å²) in [4.78, 5) is 13.3. The van der Waals surface area contributed by atoms with Gasteiger partial charge in [0.15, 0.2) is 0 Å². The quantitative estimate of drug-likeness (QED) is 0.700. The summed E-state index contributed by atoms with van der Waals surface area (Å²) in [5.41, 5.74) is 5.49. The molecule has 0 aromatic carbocycles. The summed E-state index contributed by atoms with van der Waals surface area (Å²) in [6.07, 6.45) is 7.99. The second-order valence-electron chi connectivity index (χ2n) is 7.21. The number of thiocarbonyl (C=S) groups is 1. The Morgan fingerprint density at radius 3 is 2.29 bits per heavy atom. The van der Waals surface area contributed by atoms with Crippen molar-refractivity contribution in [1.29, 1.82) is 0 Å². The highest BCUT2D eigenvalue weighted by atomic mass is 32.1. The highest BCUT2D eigenvalue weighted by Gasteiger charge is 2.42. The summed E-state index contributed by atoms with van der Waals surface area (Å²) < 4.78 is 0. The molecular weight excluding hydrogens is 280 g/mol. The maximum Gasteiger partial charge on any atom is 0.233 e. The minimum absolute atomic E-state index is 0.0543. The van der Waals surface area contributed by atoms with Gasteiger partial charge in [0.25, 0.3) is 0 Å². The van der Waals surface area contributed by atoms with Crippen molar-refractivity contribution in [2.45, 2.75) is 85.1 Å². The SMILES string of the molecule is CCCC(CCC)(C(=O)NC1CCCCC1(C)C)C(N)=S. The van der Waals surface area contributed by atoms with Crippen molar-refractivity contribution in [2.24, 2.45) is 16.6 Å². The topological polar surface area (TPSA) is 55.1 Å². The Bertz CT molecular complexity index is 373. The van der Waals surface area contributed by atoms with Crippen LogP contribution in [0.2, 0.25) is 0 Å². The van der Waals surface area contributed by atoms with E-state index in [2.05, 4.69) is 33.0 Å². The molecule has 21 heavy (non-hydrogen) atoms. The zero-order valence-electron chi connectivity index (χ0n) is 14.1. The molecule has 0 saturated heterocycles. The van der Waals surface area contributed by atoms with E-state index in [1.165, 1.54) is 19.3 Å². The largest absolute Gasteiger partial charge is 0.392 e. The van der Waals surface area contributed by atoms with Crippen LogP contribution in [0.4, 0.5) is 0 Å². The lowest BCUT2D eigenvalue weighted by Gasteiger charge is -2.41. The third-order valence-electron chi connectivity index (χ3n) is 5.07. The molecule has 122 valence electrons. The van der Waals surface area contributed by atoms with Gasteiger partial charge in [-0.2, -0.15) is 0 Å². The average Bonchev–Trinajstić information content (AvgIpc) is 2.40. The summed E-state index contributed by atoms with van der Waals surface area (Å²) in [6.45, 7) is 8.67. The van der Waals surface area contributed by atoms with Gasteiger partial charge in [-0.1, -0.05) is 65.6 Å². The van der Waals surface area contributed by atoms with Crippen LogP contribution in [0.3, 0.4) is 0 Å². The van der Waals surface area contributed by atoms with Gasteiger partial charge >= 0.3 is 0 Å². The molecule has 0 spiro atoms. The second kappa shape index (κ2) is 7.57. The predicted molar refractivity (Wildman–Crippen MR) is 93.2 cm³/mol. The number of rotatable bonds is 7. The summed E-state index contributed by atoms with van der Waals surface area (Å²) in [6, 6.07) is 0.237. The molecule has 1 amide bonds. The zero-order valence-corrected chi connectivity index (χ0v) is 14.9. The van der Waals surface area contributed by atoms with Gasteiger partial charge in [-0.25, -0.2) is 0 Å². The van der Waals surface area contributed by atoms with Crippen LogP contribution in [-0.2, 0) is 4.79 Å². The van der Waals surface area contributed by atoms with Crippen LogP contribution < -0.4 is 11.1 Å². The number of carbonyl (C=O) groups is 1. The van der Waals surface area contributed by atoms with Crippen LogP contribution in [0.15, 0.2) is 0 Å². The van der Waals surface area contributed by atoms with E-state index in [4.69, 9.17) is 18.0 Å². The first-order chi connectivity index (χ1) is 9.80. The van der Waals surface area contributed by atoms with Crippen molar-refractivity contribution in [3.63, 3.8) is 0 Å². The maximum absolute atomic E-state index is 13.0. The van der Waals surface area contributed by atoms with Gasteiger partial charge < -0.3 is 11.1 Å². The lowest BCUT2D eigenvalue weighted by Crippen LogP contribution is -2.55. The molecule has 1 fully saturated rings. The molecule has 1 unspecified atom stereocenters. The summed E-state index contributed by atoms with van der Waals surface area (Å²) in [5.74, 6) is 0.0543. The molecule has 3 N–H and O–H groups in total. The fraction of sp³-hybridized carbons (Fsp3) is 0.882. The number of nitrogens with two attached hydrogens (primary N) is 1. The number of hydrogen-bond acceptors (Lipinski definition) is 2. The highest BCUT2D eigenvalue weighted by Crippen LogP contribution is 2.37. The smallest absolute Gasteiger partial charge is 0.233 e. The van der Waals surface area contributed by atoms with Gasteiger partial charge in [-0.3, -0.25) is 4.79 Å². The van der Waals surface area contributed by atoms with E-state index >= 15 is 0 Å². The Kier molecular flexibility index (Phi) is 6.64. The van der Waals surface area contributed by atoms with E-state index < -0.39 is 5.41 Å². The number of carbonyl (C=O) groups excluding carboxylic acids is 1. The number of hydrogen-bond donors (Lipinski definition) is 2. The Balaban J connectivity index is 2.92. The molecule has 4 heteroatoms.